The highest BCUT2D eigenvalue weighted by Gasteiger charge is 2.29. The van der Waals surface area contributed by atoms with E-state index in [1.807, 2.05) is 26.0 Å². The standard InChI is InChI=1S/C19H18N4O2/c1-3-17-14(2)22(21-18(24)15-10-6-4-7-11-15)23(20-17)19(25)16-12-8-5-9-13-16/h4-13H,3H2,1-2H3/p+1. The van der Waals surface area contributed by atoms with Crippen LogP contribution in [0.5, 0.6) is 0 Å². The van der Waals surface area contributed by atoms with Gasteiger partial charge in [-0.1, -0.05) is 43.3 Å². The molecule has 0 radical (unpaired) electrons. The number of benzene rings is 2. The number of hydrogen-bond acceptors (Lipinski definition) is 3. The van der Waals surface area contributed by atoms with Gasteiger partial charge in [-0.3, -0.25) is 9.59 Å². The molecule has 0 atom stereocenters. The Morgan fingerprint density at radius 2 is 1.56 bits per heavy atom. The number of carbonyl (C=O) groups is 2. The van der Waals surface area contributed by atoms with Gasteiger partial charge in [0.25, 0.3) is 5.91 Å². The second-order valence-electron chi connectivity index (χ2n) is 5.57. The quantitative estimate of drug-likeness (QED) is 0.743. The molecule has 3 aromatic rings. The van der Waals surface area contributed by atoms with E-state index in [4.69, 9.17) is 0 Å². The fourth-order valence-corrected chi connectivity index (χ4v) is 2.54. The number of nitrogens with one attached hydrogen (secondary N) is 1. The molecule has 1 aromatic heterocycles. The summed E-state index contributed by atoms with van der Waals surface area (Å²) in [6, 6.07) is 17.7. The largest absolute Gasteiger partial charge is 0.339 e. The molecule has 3 rings (SSSR count). The summed E-state index contributed by atoms with van der Waals surface area (Å²) in [6.07, 6.45) is 0.655. The fourth-order valence-electron chi connectivity index (χ4n) is 2.54. The van der Waals surface area contributed by atoms with Gasteiger partial charge in [0.1, 0.15) is 0 Å². The maximum Gasteiger partial charge on any atom is 0.339 e. The molecule has 6 nitrogen and oxygen atoms in total. The van der Waals surface area contributed by atoms with Crippen LogP contribution in [-0.4, -0.2) is 21.7 Å². The zero-order chi connectivity index (χ0) is 17.8. The Kier molecular flexibility index (Phi) is 4.70. The van der Waals surface area contributed by atoms with Crippen LogP contribution in [0.15, 0.2) is 60.7 Å². The normalized spacial score (nSPS) is 10.5. The van der Waals surface area contributed by atoms with Gasteiger partial charge in [-0.2, -0.15) is 5.43 Å². The Labute approximate surface area is 145 Å². The molecule has 0 bridgehead atoms. The highest BCUT2D eigenvalue weighted by Crippen LogP contribution is 2.05. The van der Waals surface area contributed by atoms with Gasteiger partial charge in [0, 0.05) is 24.5 Å². The molecule has 1 heterocycles. The van der Waals surface area contributed by atoms with Crippen LogP contribution < -0.4 is 10.2 Å². The molecule has 6 heteroatoms. The fraction of sp³-hybridized carbons (Fsp3) is 0.158. The zero-order valence-electron chi connectivity index (χ0n) is 14.1. The van der Waals surface area contributed by atoms with Crippen molar-refractivity contribution in [2.24, 2.45) is 0 Å². The zero-order valence-corrected chi connectivity index (χ0v) is 14.1. The molecule has 2 aromatic carbocycles. The highest BCUT2D eigenvalue weighted by molar-refractivity contribution is 5.99. The van der Waals surface area contributed by atoms with E-state index in [1.54, 1.807) is 48.5 Å². The summed E-state index contributed by atoms with van der Waals surface area (Å²) in [5.41, 5.74) is 5.23. The van der Waals surface area contributed by atoms with Crippen LogP contribution in [0.2, 0.25) is 0 Å². The molecule has 25 heavy (non-hydrogen) atoms. The van der Waals surface area contributed by atoms with E-state index in [2.05, 4.69) is 10.5 Å². The average Bonchev–Trinajstić information content (AvgIpc) is 2.98. The Bertz CT molecular complexity index is 902. The minimum absolute atomic E-state index is 0.307. The second kappa shape index (κ2) is 7.09. The number of rotatable bonds is 4. The summed E-state index contributed by atoms with van der Waals surface area (Å²) < 4.78 is 0. The highest BCUT2D eigenvalue weighted by atomic mass is 16.2. The van der Waals surface area contributed by atoms with Crippen molar-refractivity contribution in [1.29, 1.82) is 0 Å². The van der Waals surface area contributed by atoms with Gasteiger partial charge in [0.15, 0.2) is 0 Å². The third-order valence-electron chi connectivity index (χ3n) is 3.92. The van der Waals surface area contributed by atoms with E-state index in [0.717, 1.165) is 11.4 Å². The molecular formula is C19H19N4O2+. The minimum Gasteiger partial charge on any atom is -0.266 e. The molecular weight excluding hydrogens is 316 g/mol. The lowest BCUT2D eigenvalue weighted by atomic mass is 10.2. The second-order valence-corrected chi connectivity index (χ2v) is 5.57. The van der Waals surface area contributed by atoms with Gasteiger partial charge in [0.05, 0.1) is 9.90 Å². The first kappa shape index (κ1) is 16.6. The van der Waals surface area contributed by atoms with Gasteiger partial charge >= 0.3 is 5.91 Å². The number of hydrogen-bond donors (Lipinski definition) is 1. The van der Waals surface area contributed by atoms with Gasteiger partial charge in [-0.15, -0.1) is 0 Å². The van der Waals surface area contributed by atoms with Crippen molar-refractivity contribution in [3.63, 3.8) is 0 Å². The van der Waals surface area contributed by atoms with Gasteiger partial charge < -0.3 is 0 Å². The van der Waals surface area contributed by atoms with Crippen molar-refractivity contribution in [2.45, 2.75) is 20.3 Å². The summed E-state index contributed by atoms with van der Waals surface area (Å²) in [6.45, 7) is 3.78. The summed E-state index contributed by atoms with van der Waals surface area (Å²) in [5.74, 6) is -0.616. The summed E-state index contributed by atoms with van der Waals surface area (Å²) in [7, 11) is 0. The molecule has 1 N–H and O–H groups in total. The van der Waals surface area contributed by atoms with Crippen LogP contribution in [-0.2, 0) is 6.42 Å². The van der Waals surface area contributed by atoms with Crippen LogP contribution in [0.4, 0.5) is 0 Å². The van der Waals surface area contributed by atoms with E-state index in [1.165, 1.54) is 9.59 Å². The van der Waals surface area contributed by atoms with Crippen molar-refractivity contribution >= 4 is 11.8 Å². The molecule has 0 saturated carbocycles. The van der Waals surface area contributed by atoms with Crippen LogP contribution in [0, 0.1) is 6.92 Å². The molecule has 0 aliphatic heterocycles. The third-order valence-corrected chi connectivity index (χ3v) is 3.92. The van der Waals surface area contributed by atoms with Crippen molar-refractivity contribution < 1.29 is 14.4 Å². The number of carbonyl (C=O) groups excluding carboxylic acids is 2. The number of aryl methyl sites for hydroxylation is 1. The van der Waals surface area contributed by atoms with Crippen LogP contribution >= 0.6 is 0 Å². The first-order valence-corrected chi connectivity index (χ1v) is 8.08. The van der Waals surface area contributed by atoms with E-state index >= 15 is 0 Å². The average molecular weight is 335 g/mol. The predicted octanol–water partition coefficient (Wildman–Crippen LogP) is 2.11. The first-order chi connectivity index (χ1) is 12.1. The monoisotopic (exact) mass is 335 g/mol. The third kappa shape index (κ3) is 3.33. The van der Waals surface area contributed by atoms with Crippen molar-refractivity contribution in [2.75, 3.05) is 5.43 Å². The van der Waals surface area contributed by atoms with E-state index in [9.17, 15) is 9.59 Å². The Morgan fingerprint density at radius 1 is 1.00 bits per heavy atom. The first-order valence-electron chi connectivity index (χ1n) is 8.08. The van der Waals surface area contributed by atoms with Gasteiger partial charge in [0.2, 0.25) is 11.4 Å². The Balaban J connectivity index is 1.99. The molecule has 0 unspecified atom stereocenters. The lowest BCUT2D eigenvalue weighted by Gasteiger charge is -2.05. The lowest BCUT2D eigenvalue weighted by molar-refractivity contribution is -0.723. The summed E-state index contributed by atoms with van der Waals surface area (Å²) in [5, 5.41) is 4.37. The van der Waals surface area contributed by atoms with E-state index in [-0.39, 0.29) is 11.8 Å². The van der Waals surface area contributed by atoms with Crippen molar-refractivity contribution in [3.05, 3.63) is 83.2 Å². The predicted molar refractivity (Wildman–Crippen MR) is 92.8 cm³/mol. The van der Waals surface area contributed by atoms with Gasteiger partial charge in [-0.25, -0.2) is 0 Å². The van der Waals surface area contributed by atoms with Crippen LogP contribution in [0.25, 0.3) is 0 Å². The summed E-state index contributed by atoms with van der Waals surface area (Å²) in [4.78, 5) is 27.9. The van der Waals surface area contributed by atoms with E-state index in [0.29, 0.717) is 17.5 Å². The lowest BCUT2D eigenvalue weighted by Crippen LogP contribution is -2.58. The maximum absolute atomic E-state index is 12.8. The molecule has 0 saturated heterocycles. The molecule has 0 fully saturated rings. The van der Waals surface area contributed by atoms with Crippen LogP contribution in [0.1, 0.15) is 39.0 Å². The van der Waals surface area contributed by atoms with Crippen molar-refractivity contribution in [3.8, 4) is 0 Å². The molecule has 0 aliphatic rings. The molecule has 126 valence electrons. The van der Waals surface area contributed by atoms with E-state index < -0.39 is 0 Å². The SMILES string of the molecule is CCc1nn(C(=O)c2ccccc2)[n+](NC(=O)c2ccccc2)c1C. The molecule has 0 aliphatic carbocycles. The minimum atomic E-state index is -0.309. The van der Waals surface area contributed by atoms with Crippen molar-refractivity contribution in [1.82, 2.24) is 9.90 Å². The van der Waals surface area contributed by atoms with Gasteiger partial charge in [-0.05, 0) is 29.1 Å². The Hall–Kier alpha value is -3.28. The Morgan fingerprint density at radius 3 is 2.12 bits per heavy atom. The topological polar surface area (TPSA) is 67.9 Å². The summed E-state index contributed by atoms with van der Waals surface area (Å²) >= 11 is 0. The number of amides is 1. The number of nitrogens with zero attached hydrogens (tertiary/aromatic N) is 3. The molecule has 1 amide bonds. The maximum atomic E-state index is 12.8. The van der Waals surface area contributed by atoms with Crippen LogP contribution in [0.3, 0.4) is 0 Å². The molecule has 0 spiro atoms. The number of aromatic nitrogens is 3. The smallest absolute Gasteiger partial charge is 0.266 e.